The number of aliphatic hydroxyl groups is 1. The number of hydrogen-bond acceptors (Lipinski definition) is 4. The van der Waals surface area contributed by atoms with Gasteiger partial charge in [-0.15, -0.1) is 0 Å². The average molecular weight is 428 g/mol. The summed E-state index contributed by atoms with van der Waals surface area (Å²) in [6.45, 7) is 4.59. The van der Waals surface area contributed by atoms with Crippen LogP contribution in [0.4, 0.5) is 0 Å². The number of carbonyl (C=O) groups excluding carboxylic acids is 2. The van der Waals surface area contributed by atoms with E-state index in [1.165, 1.54) is 4.90 Å². The highest BCUT2D eigenvalue weighted by Gasteiger charge is 2.46. The molecule has 1 fully saturated rings. The summed E-state index contributed by atoms with van der Waals surface area (Å²) in [7, 11) is 0. The van der Waals surface area contributed by atoms with Gasteiger partial charge in [0.25, 0.3) is 11.7 Å². The zero-order valence-electron chi connectivity index (χ0n) is 18.1. The van der Waals surface area contributed by atoms with Crippen LogP contribution in [-0.2, 0) is 16.1 Å². The van der Waals surface area contributed by atoms with Gasteiger partial charge >= 0.3 is 0 Å². The molecule has 0 aliphatic carbocycles. The molecule has 0 radical (unpaired) electrons. The standard InChI is InChI=1S/C27H25NO4/c1-3-32-22-11-7-10-21(16-22)24-23(25(29)20-14-12-18(2)13-15-20)26(30)27(31)28(24)17-19-8-5-4-6-9-19/h4-16,24,29H,3,17H2,1-2H3. The van der Waals surface area contributed by atoms with Gasteiger partial charge in [0.2, 0.25) is 0 Å². The van der Waals surface area contributed by atoms with Gasteiger partial charge in [-0.25, -0.2) is 0 Å². The van der Waals surface area contributed by atoms with Gasteiger partial charge in [0, 0.05) is 12.1 Å². The number of ether oxygens (including phenoxy) is 1. The molecule has 32 heavy (non-hydrogen) atoms. The quantitative estimate of drug-likeness (QED) is 0.341. The Morgan fingerprint density at radius 1 is 0.969 bits per heavy atom. The van der Waals surface area contributed by atoms with Crippen molar-refractivity contribution in [3.05, 3.63) is 107 Å². The fourth-order valence-corrected chi connectivity index (χ4v) is 3.98. The van der Waals surface area contributed by atoms with E-state index in [9.17, 15) is 14.7 Å². The number of Topliss-reactive ketones (excluding diaryl/α,β-unsaturated/α-hetero) is 1. The highest BCUT2D eigenvalue weighted by molar-refractivity contribution is 6.46. The average Bonchev–Trinajstić information content (AvgIpc) is 3.05. The fourth-order valence-electron chi connectivity index (χ4n) is 3.98. The Morgan fingerprint density at radius 3 is 2.38 bits per heavy atom. The summed E-state index contributed by atoms with van der Waals surface area (Å²) in [5, 5.41) is 11.1. The number of likely N-dealkylation sites (tertiary alicyclic amines) is 1. The minimum absolute atomic E-state index is 0.0865. The number of amides is 1. The summed E-state index contributed by atoms with van der Waals surface area (Å²) in [6.07, 6.45) is 0. The largest absolute Gasteiger partial charge is 0.507 e. The van der Waals surface area contributed by atoms with Crippen molar-refractivity contribution in [1.82, 2.24) is 4.90 Å². The van der Waals surface area contributed by atoms with Crippen molar-refractivity contribution in [1.29, 1.82) is 0 Å². The maximum absolute atomic E-state index is 13.1. The monoisotopic (exact) mass is 427 g/mol. The van der Waals surface area contributed by atoms with Crippen molar-refractivity contribution < 1.29 is 19.4 Å². The topological polar surface area (TPSA) is 66.8 Å². The van der Waals surface area contributed by atoms with Gasteiger partial charge in [-0.05, 0) is 37.1 Å². The van der Waals surface area contributed by atoms with E-state index in [0.29, 0.717) is 23.5 Å². The van der Waals surface area contributed by atoms with Crippen LogP contribution in [0.3, 0.4) is 0 Å². The number of ketones is 1. The normalized spacial score (nSPS) is 17.6. The second-order valence-corrected chi connectivity index (χ2v) is 7.78. The maximum Gasteiger partial charge on any atom is 0.295 e. The first-order valence-electron chi connectivity index (χ1n) is 10.6. The Kier molecular flexibility index (Phi) is 6.08. The molecule has 0 saturated carbocycles. The number of aryl methyl sites for hydroxylation is 1. The summed E-state index contributed by atoms with van der Waals surface area (Å²) < 4.78 is 5.64. The van der Waals surface area contributed by atoms with E-state index in [4.69, 9.17) is 4.74 Å². The third kappa shape index (κ3) is 4.14. The van der Waals surface area contributed by atoms with Gasteiger partial charge in [-0.2, -0.15) is 0 Å². The van der Waals surface area contributed by atoms with Gasteiger partial charge in [0.15, 0.2) is 0 Å². The van der Waals surface area contributed by atoms with Crippen LogP contribution in [-0.4, -0.2) is 28.3 Å². The zero-order valence-corrected chi connectivity index (χ0v) is 18.1. The molecule has 0 bridgehead atoms. The Hall–Kier alpha value is -3.86. The molecule has 1 aliphatic rings. The van der Waals surface area contributed by atoms with Crippen LogP contribution in [0.1, 0.15) is 35.2 Å². The number of nitrogens with zero attached hydrogens (tertiary/aromatic N) is 1. The van der Waals surface area contributed by atoms with Crippen LogP contribution in [0.2, 0.25) is 0 Å². The van der Waals surface area contributed by atoms with Crippen LogP contribution in [0.25, 0.3) is 5.76 Å². The fraction of sp³-hybridized carbons (Fsp3) is 0.185. The van der Waals surface area contributed by atoms with Crippen molar-refractivity contribution in [2.75, 3.05) is 6.61 Å². The lowest BCUT2D eigenvalue weighted by Crippen LogP contribution is -2.29. The Bertz CT molecular complexity index is 1170. The molecule has 5 heteroatoms. The molecule has 1 amide bonds. The molecule has 1 atom stereocenters. The molecule has 1 unspecified atom stereocenters. The third-order valence-electron chi connectivity index (χ3n) is 5.55. The summed E-state index contributed by atoms with van der Waals surface area (Å²) in [5.41, 5.74) is 3.23. The Balaban J connectivity index is 1.86. The first kappa shape index (κ1) is 21.4. The third-order valence-corrected chi connectivity index (χ3v) is 5.55. The van der Waals surface area contributed by atoms with Gasteiger partial charge < -0.3 is 14.7 Å². The lowest BCUT2D eigenvalue weighted by atomic mass is 9.94. The van der Waals surface area contributed by atoms with E-state index >= 15 is 0 Å². The van der Waals surface area contributed by atoms with Crippen LogP contribution < -0.4 is 4.74 Å². The minimum Gasteiger partial charge on any atom is -0.507 e. The summed E-state index contributed by atoms with van der Waals surface area (Å²) >= 11 is 0. The lowest BCUT2D eigenvalue weighted by Gasteiger charge is -2.26. The molecule has 0 aromatic heterocycles. The van der Waals surface area contributed by atoms with Crippen LogP contribution >= 0.6 is 0 Å². The summed E-state index contributed by atoms with van der Waals surface area (Å²) in [6, 6.07) is 23.3. The molecule has 162 valence electrons. The highest BCUT2D eigenvalue weighted by atomic mass is 16.5. The molecule has 1 heterocycles. The molecule has 1 saturated heterocycles. The van der Waals surface area contributed by atoms with Gasteiger partial charge in [-0.1, -0.05) is 72.3 Å². The molecule has 3 aromatic rings. The van der Waals surface area contributed by atoms with Gasteiger partial charge in [0.1, 0.15) is 11.5 Å². The van der Waals surface area contributed by atoms with Gasteiger partial charge in [-0.3, -0.25) is 9.59 Å². The van der Waals surface area contributed by atoms with Crippen LogP contribution in [0, 0.1) is 6.92 Å². The number of benzene rings is 3. The first-order valence-corrected chi connectivity index (χ1v) is 10.6. The second-order valence-electron chi connectivity index (χ2n) is 7.78. The van der Waals surface area contributed by atoms with Crippen LogP contribution in [0.5, 0.6) is 5.75 Å². The van der Waals surface area contributed by atoms with E-state index in [-0.39, 0.29) is 17.9 Å². The molecule has 0 spiro atoms. The second kappa shape index (κ2) is 9.10. The Labute approximate surface area is 187 Å². The maximum atomic E-state index is 13.1. The lowest BCUT2D eigenvalue weighted by molar-refractivity contribution is -0.140. The number of rotatable bonds is 6. The molecule has 4 rings (SSSR count). The first-order chi connectivity index (χ1) is 15.5. The molecule has 5 nitrogen and oxygen atoms in total. The van der Waals surface area contributed by atoms with Crippen molar-refractivity contribution in [3.8, 4) is 5.75 Å². The van der Waals surface area contributed by atoms with E-state index in [0.717, 1.165) is 11.1 Å². The number of hydrogen-bond donors (Lipinski definition) is 1. The van der Waals surface area contributed by atoms with E-state index in [2.05, 4.69) is 0 Å². The molecule has 3 aromatic carbocycles. The Morgan fingerprint density at radius 2 is 1.69 bits per heavy atom. The predicted octanol–water partition coefficient (Wildman–Crippen LogP) is 5.02. The van der Waals surface area contributed by atoms with Crippen molar-refractivity contribution >= 4 is 17.4 Å². The SMILES string of the molecule is CCOc1cccc(C2C(=C(O)c3ccc(C)cc3)C(=O)C(=O)N2Cc2ccccc2)c1. The summed E-state index contributed by atoms with van der Waals surface area (Å²) in [4.78, 5) is 27.8. The molecule has 1 aliphatic heterocycles. The molecular formula is C27H25NO4. The number of carbonyl (C=O) groups is 2. The summed E-state index contributed by atoms with van der Waals surface area (Å²) in [5.74, 6) is -0.850. The zero-order chi connectivity index (χ0) is 22.7. The van der Waals surface area contributed by atoms with Crippen molar-refractivity contribution in [3.63, 3.8) is 0 Å². The number of aliphatic hydroxyl groups excluding tert-OH is 1. The van der Waals surface area contributed by atoms with E-state index < -0.39 is 17.7 Å². The predicted molar refractivity (Wildman–Crippen MR) is 123 cm³/mol. The highest BCUT2D eigenvalue weighted by Crippen LogP contribution is 2.41. The molecular weight excluding hydrogens is 402 g/mol. The molecule has 1 N–H and O–H groups in total. The van der Waals surface area contributed by atoms with Crippen molar-refractivity contribution in [2.45, 2.75) is 26.4 Å². The smallest absolute Gasteiger partial charge is 0.295 e. The van der Waals surface area contributed by atoms with Crippen LogP contribution in [0.15, 0.2) is 84.4 Å². The van der Waals surface area contributed by atoms with E-state index in [1.807, 2.05) is 80.6 Å². The minimum atomic E-state index is -0.725. The van der Waals surface area contributed by atoms with Gasteiger partial charge in [0.05, 0.1) is 18.2 Å². The van der Waals surface area contributed by atoms with Crippen molar-refractivity contribution in [2.24, 2.45) is 0 Å². The van der Waals surface area contributed by atoms with E-state index in [1.54, 1.807) is 12.1 Å².